The van der Waals surface area contributed by atoms with E-state index in [1.54, 1.807) is 31.3 Å². The lowest BCUT2D eigenvalue weighted by molar-refractivity contribution is 0.0953. The summed E-state index contributed by atoms with van der Waals surface area (Å²) in [5.41, 5.74) is 0.616. The van der Waals surface area contributed by atoms with Gasteiger partial charge in [0, 0.05) is 12.1 Å². The van der Waals surface area contributed by atoms with E-state index in [2.05, 4.69) is 10.4 Å². The minimum atomic E-state index is -2.96. The van der Waals surface area contributed by atoms with Crippen LogP contribution in [0.25, 0.3) is 0 Å². The van der Waals surface area contributed by atoms with Crippen molar-refractivity contribution in [3.05, 3.63) is 66.2 Å². The van der Waals surface area contributed by atoms with Crippen molar-refractivity contribution in [1.82, 2.24) is 10.4 Å². The Labute approximate surface area is 136 Å². The Hall–Kier alpha value is -2.10. The second-order valence-electron chi connectivity index (χ2n) is 5.00. The third-order valence-electron chi connectivity index (χ3n) is 3.29. The van der Waals surface area contributed by atoms with Crippen LogP contribution < -0.4 is 14.9 Å². The zero-order chi connectivity index (χ0) is 16.5. The summed E-state index contributed by atoms with van der Waals surface area (Å²) in [6.45, 7) is 0.442. The van der Waals surface area contributed by atoms with E-state index < -0.39 is 7.52 Å². The first-order valence-corrected chi connectivity index (χ1v) is 9.30. The maximum atomic E-state index is 12.6. The summed E-state index contributed by atoms with van der Waals surface area (Å²) < 4.78 is 18.2. The molecule has 0 spiro atoms. The maximum absolute atomic E-state index is 12.6. The molecule has 2 aromatic rings. The first-order chi connectivity index (χ1) is 11.1. The number of hydrogen-bond donors (Lipinski definition) is 2. The molecule has 2 rings (SSSR count). The molecule has 0 aliphatic heterocycles. The smallest absolute Gasteiger partial charge is 0.316 e. The van der Waals surface area contributed by atoms with Crippen LogP contribution in [0.5, 0.6) is 5.75 Å². The van der Waals surface area contributed by atoms with Gasteiger partial charge in [-0.1, -0.05) is 36.4 Å². The maximum Gasteiger partial charge on any atom is 0.316 e. The number of hydrogen-bond acceptors (Lipinski definition) is 3. The number of carbonyl (C=O) groups is 1. The Bertz CT molecular complexity index is 662. The lowest BCUT2D eigenvalue weighted by Gasteiger charge is -2.18. The molecule has 6 heteroatoms. The van der Waals surface area contributed by atoms with Gasteiger partial charge in [0.15, 0.2) is 0 Å². The largest absolute Gasteiger partial charge is 0.433 e. The minimum Gasteiger partial charge on any atom is -0.433 e. The second kappa shape index (κ2) is 8.51. The van der Waals surface area contributed by atoms with Crippen molar-refractivity contribution in [3.63, 3.8) is 0 Å². The normalized spacial score (nSPS) is 13.1. The van der Waals surface area contributed by atoms with Gasteiger partial charge in [0.25, 0.3) is 5.91 Å². The van der Waals surface area contributed by atoms with E-state index in [-0.39, 0.29) is 5.91 Å². The molecule has 1 unspecified atom stereocenters. The quantitative estimate of drug-likeness (QED) is 0.575. The van der Waals surface area contributed by atoms with Crippen molar-refractivity contribution >= 4 is 13.4 Å². The SMILES string of the molecule is CNP(=O)(CCCNC(=O)c1ccccc1)Oc1ccccc1. The molecule has 0 radical (unpaired) electrons. The molecular formula is C17H21N2O3P. The van der Waals surface area contributed by atoms with E-state index in [1.165, 1.54) is 0 Å². The van der Waals surface area contributed by atoms with E-state index >= 15 is 0 Å². The molecular weight excluding hydrogens is 311 g/mol. The van der Waals surface area contributed by atoms with Gasteiger partial charge in [0.05, 0.1) is 6.16 Å². The van der Waals surface area contributed by atoms with Gasteiger partial charge in [0.1, 0.15) is 5.75 Å². The molecule has 23 heavy (non-hydrogen) atoms. The van der Waals surface area contributed by atoms with Crippen molar-refractivity contribution in [2.24, 2.45) is 0 Å². The number of rotatable bonds is 8. The van der Waals surface area contributed by atoms with Crippen LogP contribution in [0.3, 0.4) is 0 Å². The first kappa shape index (κ1) is 17.3. The highest BCUT2D eigenvalue weighted by atomic mass is 31.2. The Morgan fingerprint density at radius 1 is 1.04 bits per heavy atom. The summed E-state index contributed by atoms with van der Waals surface area (Å²) in [5.74, 6) is 0.437. The molecule has 0 saturated carbocycles. The van der Waals surface area contributed by atoms with Gasteiger partial charge in [-0.05, 0) is 37.7 Å². The zero-order valence-electron chi connectivity index (χ0n) is 13.1. The van der Waals surface area contributed by atoms with Crippen LogP contribution in [-0.2, 0) is 4.57 Å². The highest BCUT2D eigenvalue weighted by molar-refractivity contribution is 7.57. The highest BCUT2D eigenvalue weighted by Crippen LogP contribution is 2.42. The molecule has 0 bridgehead atoms. The summed E-state index contributed by atoms with van der Waals surface area (Å²) in [6.07, 6.45) is 0.900. The molecule has 2 aromatic carbocycles. The van der Waals surface area contributed by atoms with Crippen molar-refractivity contribution in [1.29, 1.82) is 0 Å². The molecule has 0 aliphatic rings. The lowest BCUT2D eigenvalue weighted by Crippen LogP contribution is -2.25. The summed E-state index contributed by atoms with van der Waals surface area (Å²) in [6, 6.07) is 18.1. The van der Waals surface area contributed by atoms with Gasteiger partial charge in [-0.25, -0.2) is 5.09 Å². The van der Waals surface area contributed by atoms with Crippen molar-refractivity contribution < 1.29 is 13.9 Å². The predicted octanol–water partition coefficient (Wildman–Crippen LogP) is 3.30. The summed E-state index contributed by atoms with van der Waals surface area (Å²) in [7, 11) is -1.34. The molecule has 0 aromatic heterocycles. The molecule has 5 nitrogen and oxygen atoms in total. The van der Waals surface area contributed by atoms with E-state index in [1.807, 2.05) is 36.4 Å². The van der Waals surface area contributed by atoms with E-state index in [0.717, 1.165) is 0 Å². The number of carbonyl (C=O) groups excluding carboxylic acids is 1. The molecule has 1 amide bonds. The van der Waals surface area contributed by atoms with E-state index in [4.69, 9.17) is 4.52 Å². The fraction of sp³-hybridized carbons (Fsp3) is 0.235. The third kappa shape index (κ3) is 5.55. The van der Waals surface area contributed by atoms with Gasteiger partial charge in [-0.3, -0.25) is 9.36 Å². The monoisotopic (exact) mass is 332 g/mol. The van der Waals surface area contributed by atoms with Crippen LogP contribution in [0.1, 0.15) is 16.8 Å². The summed E-state index contributed by atoms with van der Waals surface area (Å²) >= 11 is 0. The van der Waals surface area contributed by atoms with Crippen LogP contribution in [-0.4, -0.2) is 25.7 Å². The summed E-state index contributed by atoms with van der Waals surface area (Å²) in [4.78, 5) is 11.9. The average Bonchev–Trinajstić information content (AvgIpc) is 2.60. The van der Waals surface area contributed by atoms with Gasteiger partial charge >= 0.3 is 7.52 Å². The third-order valence-corrected chi connectivity index (χ3v) is 5.38. The van der Waals surface area contributed by atoms with Crippen LogP contribution in [0, 0.1) is 0 Å². The van der Waals surface area contributed by atoms with Gasteiger partial charge in [0.2, 0.25) is 0 Å². The highest BCUT2D eigenvalue weighted by Gasteiger charge is 2.21. The molecule has 0 heterocycles. The van der Waals surface area contributed by atoms with Crippen LogP contribution in [0.15, 0.2) is 60.7 Å². The van der Waals surface area contributed by atoms with Gasteiger partial charge in [-0.15, -0.1) is 0 Å². The van der Waals surface area contributed by atoms with Crippen LogP contribution in [0.2, 0.25) is 0 Å². The average molecular weight is 332 g/mol. The number of para-hydroxylation sites is 1. The number of amides is 1. The molecule has 122 valence electrons. The number of nitrogens with one attached hydrogen (secondary N) is 2. The Morgan fingerprint density at radius 2 is 1.65 bits per heavy atom. The topological polar surface area (TPSA) is 67.4 Å². The Morgan fingerprint density at radius 3 is 2.26 bits per heavy atom. The Balaban J connectivity index is 1.79. The molecule has 1 atom stereocenters. The lowest BCUT2D eigenvalue weighted by atomic mass is 10.2. The van der Waals surface area contributed by atoms with Crippen molar-refractivity contribution in [2.45, 2.75) is 6.42 Å². The zero-order valence-corrected chi connectivity index (χ0v) is 14.0. The van der Waals surface area contributed by atoms with Crippen LogP contribution >= 0.6 is 7.52 Å². The predicted molar refractivity (Wildman–Crippen MR) is 92.0 cm³/mol. The van der Waals surface area contributed by atoms with E-state index in [0.29, 0.717) is 30.4 Å². The standard InChI is InChI=1S/C17H21N2O3P/c1-18-23(21,22-16-11-6-3-7-12-16)14-8-13-19-17(20)15-9-4-2-5-10-15/h2-7,9-12H,8,13-14H2,1H3,(H,18,21)(H,19,20). The molecule has 2 N–H and O–H groups in total. The Kier molecular flexibility index (Phi) is 6.39. The fourth-order valence-electron chi connectivity index (χ4n) is 2.04. The van der Waals surface area contributed by atoms with Crippen molar-refractivity contribution in [3.8, 4) is 5.75 Å². The summed E-state index contributed by atoms with van der Waals surface area (Å²) in [5, 5.41) is 5.58. The van der Waals surface area contributed by atoms with Crippen molar-refractivity contribution in [2.75, 3.05) is 19.8 Å². The van der Waals surface area contributed by atoms with Gasteiger partial charge < -0.3 is 9.84 Å². The first-order valence-electron chi connectivity index (χ1n) is 7.49. The van der Waals surface area contributed by atoms with Gasteiger partial charge in [-0.2, -0.15) is 0 Å². The number of benzene rings is 2. The minimum absolute atomic E-state index is 0.131. The van der Waals surface area contributed by atoms with Crippen LogP contribution in [0.4, 0.5) is 0 Å². The van der Waals surface area contributed by atoms with E-state index in [9.17, 15) is 9.36 Å². The molecule has 0 saturated heterocycles. The second-order valence-corrected chi connectivity index (χ2v) is 7.42. The molecule has 0 aliphatic carbocycles. The fourth-order valence-corrected chi connectivity index (χ4v) is 3.48. The molecule has 0 fully saturated rings.